The molecule has 2 aromatic heterocycles. The highest BCUT2D eigenvalue weighted by Gasteiger charge is 2.17. The SMILES string of the molecule is Cc1ccc(C)c(-n2ncc(C(C)NCC(O)c3ccco3)c2C)c1. The maximum atomic E-state index is 10.1. The molecule has 0 aliphatic rings. The molecule has 2 atom stereocenters. The number of benzene rings is 1. The molecule has 2 heterocycles. The molecule has 0 saturated carbocycles. The monoisotopic (exact) mass is 339 g/mol. The molecule has 2 N–H and O–H groups in total. The molecule has 3 rings (SSSR count). The molecule has 2 unspecified atom stereocenters. The van der Waals surface area contributed by atoms with Crippen molar-refractivity contribution in [3.8, 4) is 5.69 Å². The van der Waals surface area contributed by atoms with Crippen molar-refractivity contribution >= 4 is 0 Å². The third-order valence-electron chi connectivity index (χ3n) is 4.60. The van der Waals surface area contributed by atoms with Crippen LogP contribution in [0, 0.1) is 20.8 Å². The first-order valence-corrected chi connectivity index (χ1v) is 8.54. The van der Waals surface area contributed by atoms with Gasteiger partial charge in [0.2, 0.25) is 0 Å². The van der Waals surface area contributed by atoms with Crippen molar-refractivity contribution < 1.29 is 9.52 Å². The van der Waals surface area contributed by atoms with Crippen LogP contribution in [0.25, 0.3) is 5.69 Å². The zero-order valence-electron chi connectivity index (χ0n) is 15.2. The summed E-state index contributed by atoms with van der Waals surface area (Å²) in [5.74, 6) is 0.572. The quantitative estimate of drug-likeness (QED) is 0.717. The summed E-state index contributed by atoms with van der Waals surface area (Å²) in [6, 6.07) is 10.0. The van der Waals surface area contributed by atoms with Crippen molar-refractivity contribution in [3.63, 3.8) is 0 Å². The van der Waals surface area contributed by atoms with Crippen molar-refractivity contribution in [1.29, 1.82) is 0 Å². The van der Waals surface area contributed by atoms with Crippen LogP contribution >= 0.6 is 0 Å². The van der Waals surface area contributed by atoms with Gasteiger partial charge in [0.05, 0.1) is 18.1 Å². The molecule has 132 valence electrons. The van der Waals surface area contributed by atoms with Gasteiger partial charge in [-0.05, 0) is 57.0 Å². The van der Waals surface area contributed by atoms with Gasteiger partial charge in [-0.3, -0.25) is 0 Å². The van der Waals surface area contributed by atoms with Crippen molar-refractivity contribution in [2.24, 2.45) is 0 Å². The molecule has 5 nitrogen and oxygen atoms in total. The van der Waals surface area contributed by atoms with Crippen LogP contribution in [0.1, 0.15) is 47.2 Å². The van der Waals surface area contributed by atoms with Gasteiger partial charge in [0.1, 0.15) is 11.9 Å². The average molecular weight is 339 g/mol. The third kappa shape index (κ3) is 3.67. The highest BCUT2D eigenvalue weighted by Crippen LogP contribution is 2.23. The molecule has 0 aliphatic carbocycles. The van der Waals surface area contributed by atoms with Crippen LogP contribution in [-0.4, -0.2) is 21.4 Å². The Balaban J connectivity index is 1.75. The van der Waals surface area contributed by atoms with Gasteiger partial charge in [-0.25, -0.2) is 4.68 Å². The first-order valence-electron chi connectivity index (χ1n) is 8.54. The van der Waals surface area contributed by atoms with Crippen molar-refractivity contribution in [1.82, 2.24) is 15.1 Å². The number of nitrogens with zero attached hydrogens (tertiary/aromatic N) is 2. The van der Waals surface area contributed by atoms with Crippen LogP contribution in [0.2, 0.25) is 0 Å². The van der Waals surface area contributed by atoms with Crippen LogP contribution in [0.3, 0.4) is 0 Å². The number of nitrogens with one attached hydrogen (secondary N) is 1. The van der Waals surface area contributed by atoms with E-state index in [-0.39, 0.29) is 6.04 Å². The topological polar surface area (TPSA) is 63.2 Å². The van der Waals surface area contributed by atoms with Gasteiger partial charge in [0.25, 0.3) is 0 Å². The second-order valence-electron chi connectivity index (χ2n) is 6.55. The number of aryl methyl sites for hydroxylation is 2. The average Bonchev–Trinajstić information content (AvgIpc) is 3.24. The molecule has 0 radical (unpaired) electrons. The second kappa shape index (κ2) is 7.25. The molecule has 1 aromatic carbocycles. The first kappa shape index (κ1) is 17.5. The van der Waals surface area contributed by atoms with E-state index in [0.717, 1.165) is 16.9 Å². The summed E-state index contributed by atoms with van der Waals surface area (Å²) in [4.78, 5) is 0. The predicted octanol–water partition coefficient (Wildman–Crippen LogP) is 3.77. The van der Waals surface area contributed by atoms with Crippen LogP contribution in [-0.2, 0) is 0 Å². The van der Waals surface area contributed by atoms with E-state index in [1.165, 1.54) is 11.1 Å². The molecular formula is C20H25N3O2. The lowest BCUT2D eigenvalue weighted by Crippen LogP contribution is -2.24. The maximum Gasteiger partial charge on any atom is 0.133 e. The Kier molecular flexibility index (Phi) is 5.06. The normalized spacial score (nSPS) is 13.8. The van der Waals surface area contributed by atoms with Gasteiger partial charge in [0, 0.05) is 23.8 Å². The third-order valence-corrected chi connectivity index (χ3v) is 4.60. The minimum Gasteiger partial charge on any atom is -0.467 e. The molecule has 0 saturated heterocycles. The zero-order valence-corrected chi connectivity index (χ0v) is 15.2. The summed E-state index contributed by atoms with van der Waals surface area (Å²) < 4.78 is 7.22. The Hall–Kier alpha value is -2.37. The number of hydrogen-bond acceptors (Lipinski definition) is 4. The van der Waals surface area contributed by atoms with Gasteiger partial charge < -0.3 is 14.8 Å². The Morgan fingerprint density at radius 3 is 2.76 bits per heavy atom. The maximum absolute atomic E-state index is 10.1. The van der Waals surface area contributed by atoms with Gasteiger partial charge in [-0.2, -0.15) is 5.10 Å². The van der Waals surface area contributed by atoms with E-state index in [1.54, 1.807) is 18.4 Å². The van der Waals surface area contributed by atoms with E-state index in [0.29, 0.717) is 12.3 Å². The fourth-order valence-corrected chi connectivity index (χ4v) is 3.02. The summed E-state index contributed by atoms with van der Waals surface area (Å²) in [5, 5.41) is 18.1. The number of aromatic nitrogens is 2. The number of furan rings is 1. The van der Waals surface area contributed by atoms with Crippen LogP contribution in [0.15, 0.2) is 47.2 Å². The largest absolute Gasteiger partial charge is 0.467 e. The Bertz CT molecular complexity index is 837. The number of rotatable bonds is 6. The summed E-state index contributed by atoms with van der Waals surface area (Å²) in [6.07, 6.45) is 2.81. The smallest absolute Gasteiger partial charge is 0.133 e. The van der Waals surface area contributed by atoms with Gasteiger partial charge in [0.15, 0.2) is 0 Å². The lowest BCUT2D eigenvalue weighted by Gasteiger charge is -2.16. The molecule has 0 fully saturated rings. The molecule has 0 amide bonds. The minimum atomic E-state index is -0.660. The lowest BCUT2D eigenvalue weighted by molar-refractivity contribution is 0.144. The van der Waals surface area contributed by atoms with Crippen LogP contribution in [0.4, 0.5) is 0 Å². The second-order valence-corrected chi connectivity index (χ2v) is 6.55. The van der Waals surface area contributed by atoms with Gasteiger partial charge in [-0.1, -0.05) is 12.1 Å². The van der Waals surface area contributed by atoms with Crippen LogP contribution in [0.5, 0.6) is 0 Å². The molecular weight excluding hydrogens is 314 g/mol. The molecule has 0 aliphatic heterocycles. The van der Waals surface area contributed by atoms with E-state index in [4.69, 9.17) is 4.42 Å². The zero-order chi connectivity index (χ0) is 18.0. The fourth-order valence-electron chi connectivity index (χ4n) is 3.02. The van der Waals surface area contributed by atoms with Crippen LogP contribution < -0.4 is 5.32 Å². The molecule has 5 heteroatoms. The molecule has 0 spiro atoms. The van der Waals surface area contributed by atoms with Gasteiger partial charge >= 0.3 is 0 Å². The van der Waals surface area contributed by atoms with Gasteiger partial charge in [-0.15, -0.1) is 0 Å². The van der Waals surface area contributed by atoms with E-state index in [1.807, 2.05) is 10.9 Å². The highest BCUT2D eigenvalue weighted by molar-refractivity contribution is 5.44. The summed E-state index contributed by atoms with van der Waals surface area (Å²) in [5.41, 5.74) is 5.72. The van der Waals surface area contributed by atoms with Crippen molar-refractivity contribution in [2.75, 3.05) is 6.54 Å². The number of aliphatic hydroxyl groups excluding tert-OH is 1. The van der Waals surface area contributed by atoms with E-state index in [9.17, 15) is 5.11 Å². The Morgan fingerprint density at radius 1 is 1.24 bits per heavy atom. The Labute approximate surface area is 148 Å². The predicted molar refractivity (Wildman–Crippen MR) is 97.9 cm³/mol. The highest BCUT2D eigenvalue weighted by atomic mass is 16.4. The lowest BCUT2D eigenvalue weighted by atomic mass is 10.1. The Morgan fingerprint density at radius 2 is 2.04 bits per heavy atom. The van der Waals surface area contributed by atoms with Crippen molar-refractivity contribution in [3.05, 3.63) is 70.9 Å². The molecule has 3 aromatic rings. The minimum absolute atomic E-state index is 0.0727. The standard InChI is InChI=1S/C20H25N3O2/c1-13-7-8-14(2)18(10-13)23-16(4)17(11-22-23)15(3)21-12-19(24)20-6-5-9-25-20/h5-11,15,19,21,24H,12H2,1-4H3. The number of hydrogen-bond donors (Lipinski definition) is 2. The summed E-state index contributed by atoms with van der Waals surface area (Å²) in [7, 11) is 0. The molecule has 25 heavy (non-hydrogen) atoms. The van der Waals surface area contributed by atoms with E-state index < -0.39 is 6.10 Å². The van der Waals surface area contributed by atoms with E-state index >= 15 is 0 Å². The molecule has 0 bridgehead atoms. The summed E-state index contributed by atoms with van der Waals surface area (Å²) >= 11 is 0. The summed E-state index contributed by atoms with van der Waals surface area (Å²) in [6.45, 7) is 8.75. The van der Waals surface area contributed by atoms with E-state index in [2.05, 4.69) is 56.3 Å². The van der Waals surface area contributed by atoms with Crippen molar-refractivity contribution in [2.45, 2.75) is 39.8 Å². The number of aliphatic hydroxyl groups is 1. The fraction of sp³-hybridized carbons (Fsp3) is 0.350. The first-order chi connectivity index (χ1) is 12.0.